The molecule has 1 N–H and O–H groups in total. The molecule has 1 unspecified atom stereocenters. The number of hydrogen-bond donors (Lipinski definition) is 1. The molecule has 138 valence electrons. The molecule has 0 aromatic heterocycles. The standard InChI is InChI=1S/C23H29NO2/c25-18-23(12-9-19-5-2-1-3-6-19)11-4-13-24(17-23)16-20-7-8-22-21(15-20)10-14-26-22/h1-3,5-8,15,25H,4,9-14,16-18H2. The van der Waals surface area contributed by atoms with Gasteiger partial charge in [0.1, 0.15) is 5.75 Å². The van der Waals surface area contributed by atoms with Gasteiger partial charge in [-0.1, -0.05) is 42.5 Å². The van der Waals surface area contributed by atoms with Gasteiger partial charge < -0.3 is 9.84 Å². The molecule has 2 heterocycles. The first-order chi connectivity index (χ1) is 12.8. The number of aliphatic hydroxyl groups is 1. The van der Waals surface area contributed by atoms with E-state index in [1.54, 1.807) is 0 Å². The average Bonchev–Trinajstić information content (AvgIpc) is 3.15. The molecule has 0 aliphatic carbocycles. The van der Waals surface area contributed by atoms with Crippen molar-refractivity contribution in [3.8, 4) is 5.75 Å². The van der Waals surface area contributed by atoms with E-state index in [4.69, 9.17) is 4.74 Å². The molecule has 0 bridgehead atoms. The van der Waals surface area contributed by atoms with Crippen molar-refractivity contribution in [1.82, 2.24) is 4.90 Å². The van der Waals surface area contributed by atoms with Crippen LogP contribution in [-0.2, 0) is 19.4 Å². The second kappa shape index (κ2) is 7.81. The van der Waals surface area contributed by atoms with Crippen LogP contribution in [0.25, 0.3) is 0 Å². The predicted octanol–water partition coefficient (Wildman–Crippen LogP) is 3.83. The zero-order valence-electron chi connectivity index (χ0n) is 15.5. The minimum absolute atomic E-state index is 0.0356. The summed E-state index contributed by atoms with van der Waals surface area (Å²) in [7, 11) is 0. The molecule has 0 saturated carbocycles. The number of fused-ring (bicyclic) bond motifs is 1. The lowest BCUT2D eigenvalue weighted by Crippen LogP contribution is -2.45. The van der Waals surface area contributed by atoms with Gasteiger partial charge in [-0.25, -0.2) is 0 Å². The lowest BCUT2D eigenvalue weighted by Gasteiger charge is -2.42. The van der Waals surface area contributed by atoms with Gasteiger partial charge in [0.15, 0.2) is 0 Å². The minimum Gasteiger partial charge on any atom is -0.493 e. The zero-order valence-corrected chi connectivity index (χ0v) is 15.5. The summed E-state index contributed by atoms with van der Waals surface area (Å²) in [6, 6.07) is 17.3. The second-order valence-corrected chi connectivity index (χ2v) is 8.00. The first-order valence-corrected chi connectivity index (χ1v) is 9.88. The highest BCUT2D eigenvalue weighted by Gasteiger charge is 2.34. The molecule has 2 aliphatic heterocycles. The van der Waals surface area contributed by atoms with E-state index in [2.05, 4.69) is 53.4 Å². The Labute approximate surface area is 156 Å². The Balaban J connectivity index is 1.40. The van der Waals surface area contributed by atoms with Gasteiger partial charge >= 0.3 is 0 Å². The first kappa shape index (κ1) is 17.6. The lowest BCUT2D eigenvalue weighted by atomic mass is 9.76. The van der Waals surface area contributed by atoms with Gasteiger partial charge in [0.05, 0.1) is 6.61 Å². The summed E-state index contributed by atoms with van der Waals surface area (Å²) in [5, 5.41) is 10.2. The van der Waals surface area contributed by atoms with E-state index < -0.39 is 0 Å². The molecular formula is C23H29NO2. The van der Waals surface area contributed by atoms with Gasteiger partial charge in [-0.05, 0) is 55.0 Å². The zero-order chi connectivity index (χ0) is 17.8. The molecule has 0 radical (unpaired) electrons. The van der Waals surface area contributed by atoms with Crippen molar-refractivity contribution in [2.24, 2.45) is 5.41 Å². The van der Waals surface area contributed by atoms with Crippen LogP contribution in [0.4, 0.5) is 0 Å². The lowest BCUT2D eigenvalue weighted by molar-refractivity contribution is 0.0224. The van der Waals surface area contributed by atoms with Crippen LogP contribution in [0.3, 0.4) is 0 Å². The van der Waals surface area contributed by atoms with E-state index in [9.17, 15) is 5.11 Å². The molecule has 1 atom stereocenters. The van der Waals surface area contributed by atoms with Crippen molar-refractivity contribution in [3.63, 3.8) is 0 Å². The summed E-state index contributed by atoms with van der Waals surface area (Å²) >= 11 is 0. The number of hydrogen-bond acceptors (Lipinski definition) is 3. The number of nitrogens with zero attached hydrogens (tertiary/aromatic N) is 1. The predicted molar refractivity (Wildman–Crippen MR) is 104 cm³/mol. The van der Waals surface area contributed by atoms with Gasteiger partial charge in [-0.3, -0.25) is 4.90 Å². The molecule has 4 rings (SSSR count). The normalized spacial score (nSPS) is 22.8. The maximum Gasteiger partial charge on any atom is 0.122 e. The molecule has 0 spiro atoms. The van der Waals surface area contributed by atoms with Crippen LogP contribution >= 0.6 is 0 Å². The Bertz CT molecular complexity index is 730. The summed E-state index contributed by atoms with van der Waals surface area (Å²) < 4.78 is 5.62. The minimum atomic E-state index is 0.0356. The van der Waals surface area contributed by atoms with Crippen molar-refractivity contribution in [2.75, 3.05) is 26.3 Å². The van der Waals surface area contributed by atoms with Crippen molar-refractivity contribution in [1.29, 1.82) is 0 Å². The number of aliphatic hydroxyl groups excluding tert-OH is 1. The van der Waals surface area contributed by atoms with Gasteiger partial charge in [-0.15, -0.1) is 0 Å². The van der Waals surface area contributed by atoms with Crippen molar-refractivity contribution in [3.05, 3.63) is 65.2 Å². The van der Waals surface area contributed by atoms with E-state index in [1.165, 1.54) is 23.1 Å². The number of rotatable bonds is 6. The number of ether oxygens (including phenoxy) is 1. The molecule has 2 aliphatic rings. The first-order valence-electron chi connectivity index (χ1n) is 9.88. The summed E-state index contributed by atoms with van der Waals surface area (Å²) in [5.74, 6) is 1.06. The largest absolute Gasteiger partial charge is 0.493 e. The molecule has 3 heteroatoms. The van der Waals surface area contributed by atoms with Crippen LogP contribution in [-0.4, -0.2) is 36.3 Å². The van der Waals surface area contributed by atoms with Crippen LogP contribution in [0.2, 0.25) is 0 Å². The van der Waals surface area contributed by atoms with Gasteiger partial charge in [-0.2, -0.15) is 0 Å². The third kappa shape index (κ3) is 3.94. The van der Waals surface area contributed by atoms with Gasteiger partial charge in [0.25, 0.3) is 0 Å². The topological polar surface area (TPSA) is 32.7 Å². The van der Waals surface area contributed by atoms with Crippen LogP contribution < -0.4 is 4.74 Å². The highest BCUT2D eigenvalue weighted by Crippen LogP contribution is 2.35. The van der Waals surface area contributed by atoms with Gasteiger partial charge in [0, 0.05) is 31.5 Å². The Morgan fingerprint density at radius 2 is 1.96 bits per heavy atom. The van der Waals surface area contributed by atoms with E-state index in [-0.39, 0.29) is 12.0 Å². The van der Waals surface area contributed by atoms with E-state index in [0.717, 1.165) is 57.7 Å². The SMILES string of the molecule is OCC1(CCc2ccccc2)CCCN(Cc2ccc3c(c2)CCO3)C1. The quantitative estimate of drug-likeness (QED) is 0.858. The Hall–Kier alpha value is -1.84. The van der Waals surface area contributed by atoms with Crippen molar-refractivity contribution < 1.29 is 9.84 Å². The maximum atomic E-state index is 10.2. The fourth-order valence-electron chi connectivity index (χ4n) is 4.51. The average molecular weight is 351 g/mol. The Kier molecular flexibility index (Phi) is 5.28. The molecule has 1 fully saturated rings. The molecule has 1 saturated heterocycles. The van der Waals surface area contributed by atoms with Crippen LogP contribution in [0.15, 0.2) is 48.5 Å². The fraction of sp³-hybridized carbons (Fsp3) is 0.478. The molecule has 2 aromatic rings. The summed E-state index contributed by atoms with van der Waals surface area (Å²) in [5.41, 5.74) is 4.12. The van der Waals surface area contributed by atoms with Gasteiger partial charge in [0.2, 0.25) is 0 Å². The smallest absolute Gasteiger partial charge is 0.122 e. The third-order valence-electron chi connectivity index (χ3n) is 6.02. The van der Waals surface area contributed by atoms with Crippen LogP contribution in [0, 0.1) is 5.41 Å². The maximum absolute atomic E-state index is 10.2. The molecule has 26 heavy (non-hydrogen) atoms. The molecule has 2 aromatic carbocycles. The van der Waals surface area contributed by atoms with Crippen molar-refractivity contribution >= 4 is 0 Å². The number of piperidine rings is 1. The van der Waals surface area contributed by atoms with E-state index in [0.29, 0.717) is 0 Å². The molecule has 3 nitrogen and oxygen atoms in total. The highest BCUT2D eigenvalue weighted by atomic mass is 16.5. The third-order valence-corrected chi connectivity index (χ3v) is 6.02. The molecule has 0 amide bonds. The monoisotopic (exact) mass is 351 g/mol. The van der Waals surface area contributed by atoms with E-state index >= 15 is 0 Å². The molecular weight excluding hydrogens is 322 g/mol. The summed E-state index contributed by atoms with van der Waals surface area (Å²) in [6.45, 7) is 4.19. The van der Waals surface area contributed by atoms with Crippen molar-refractivity contribution in [2.45, 2.75) is 38.6 Å². The van der Waals surface area contributed by atoms with E-state index in [1.807, 2.05) is 0 Å². The number of aryl methyl sites for hydroxylation is 1. The summed E-state index contributed by atoms with van der Waals surface area (Å²) in [4.78, 5) is 2.53. The Morgan fingerprint density at radius 1 is 1.08 bits per heavy atom. The van der Waals surface area contributed by atoms with Crippen LogP contribution in [0.1, 0.15) is 36.0 Å². The highest BCUT2D eigenvalue weighted by molar-refractivity contribution is 5.39. The van der Waals surface area contributed by atoms with Crippen LogP contribution in [0.5, 0.6) is 5.75 Å². The second-order valence-electron chi connectivity index (χ2n) is 8.00. The fourth-order valence-corrected chi connectivity index (χ4v) is 4.51. The summed E-state index contributed by atoms with van der Waals surface area (Å²) in [6.07, 6.45) is 5.43. The Morgan fingerprint density at radius 3 is 2.81 bits per heavy atom. The number of likely N-dealkylation sites (tertiary alicyclic amines) is 1. The number of benzene rings is 2.